The lowest BCUT2D eigenvalue weighted by atomic mass is 10.0. The van der Waals surface area contributed by atoms with Crippen LogP contribution < -0.4 is 4.74 Å². The van der Waals surface area contributed by atoms with Gasteiger partial charge in [-0.2, -0.15) is 0 Å². The molecule has 0 amide bonds. The van der Waals surface area contributed by atoms with Gasteiger partial charge < -0.3 is 4.74 Å². The van der Waals surface area contributed by atoms with E-state index in [2.05, 4.69) is 0 Å². The van der Waals surface area contributed by atoms with Crippen LogP contribution in [0, 0.1) is 5.82 Å². The summed E-state index contributed by atoms with van der Waals surface area (Å²) >= 11 is 6.34. The molecule has 0 N–H and O–H groups in total. The third-order valence-corrected chi connectivity index (χ3v) is 3.20. The first-order valence-electron chi connectivity index (χ1n) is 5.72. The molecule has 3 heteroatoms. The van der Waals surface area contributed by atoms with Crippen LogP contribution in [0.5, 0.6) is 5.75 Å². The fourth-order valence-electron chi connectivity index (χ4n) is 1.81. The van der Waals surface area contributed by atoms with Gasteiger partial charge in [-0.05, 0) is 29.7 Å². The van der Waals surface area contributed by atoms with Crippen LogP contribution in [-0.2, 0) is 6.42 Å². The van der Waals surface area contributed by atoms with E-state index in [1.54, 1.807) is 12.1 Å². The fourth-order valence-corrected chi connectivity index (χ4v) is 2.12. The van der Waals surface area contributed by atoms with Gasteiger partial charge in [0, 0.05) is 0 Å². The summed E-state index contributed by atoms with van der Waals surface area (Å²) in [6.07, 6.45) is 0.706. The molecule has 18 heavy (non-hydrogen) atoms. The van der Waals surface area contributed by atoms with E-state index >= 15 is 0 Å². The van der Waals surface area contributed by atoms with Crippen molar-refractivity contribution in [1.29, 1.82) is 0 Å². The highest BCUT2D eigenvalue weighted by Gasteiger charge is 2.12. The Labute approximate surface area is 111 Å². The average Bonchev–Trinajstić information content (AvgIpc) is 2.40. The molecule has 0 radical (unpaired) electrons. The molecule has 0 aliphatic carbocycles. The number of ether oxygens (including phenoxy) is 1. The molecular weight excluding hydrogens is 251 g/mol. The molecule has 1 nitrogen and oxygen atoms in total. The highest BCUT2D eigenvalue weighted by atomic mass is 35.5. The van der Waals surface area contributed by atoms with Gasteiger partial charge in [0.25, 0.3) is 0 Å². The van der Waals surface area contributed by atoms with Crippen molar-refractivity contribution in [3.8, 4) is 5.75 Å². The molecule has 1 unspecified atom stereocenters. The van der Waals surface area contributed by atoms with E-state index in [-0.39, 0.29) is 16.9 Å². The standard InChI is InChI=1S/C15H14ClFO/c1-18-15-10-12(7-8-14(15)17)13(16)9-11-5-3-2-4-6-11/h2-8,10,13H,9H2,1H3. The van der Waals surface area contributed by atoms with Crippen molar-refractivity contribution in [1.82, 2.24) is 0 Å². The molecule has 0 aliphatic rings. The third-order valence-electron chi connectivity index (χ3n) is 2.79. The van der Waals surface area contributed by atoms with Crippen LogP contribution in [0.15, 0.2) is 48.5 Å². The van der Waals surface area contributed by atoms with E-state index in [0.717, 1.165) is 11.1 Å². The Kier molecular flexibility index (Phi) is 4.21. The summed E-state index contributed by atoms with van der Waals surface area (Å²) in [5.74, 6) is -0.143. The van der Waals surface area contributed by atoms with Gasteiger partial charge in [-0.15, -0.1) is 11.6 Å². The number of alkyl halides is 1. The number of methoxy groups -OCH3 is 1. The molecule has 2 aromatic carbocycles. The second kappa shape index (κ2) is 5.87. The number of hydrogen-bond acceptors (Lipinski definition) is 1. The minimum absolute atomic E-state index is 0.193. The summed E-state index contributed by atoms with van der Waals surface area (Å²) < 4.78 is 18.2. The van der Waals surface area contributed by atoms with Gasteiger partial charge in [0.05, 0.1) is 12.5 Å². The minimum Gasteiger partial charge on any atom is -0.494 e. The molecule has 0 aliphatic heterocycles. The van der Waals surface area contributed by atoms with Crippen LogP contribution in [-0.4, -0.2) is 7.11 Å². The summed E-state index contributed by atoms with van der Waals surface area (Å²) in [4.78, 5) is 0. The van der Waals surface area contributed by atoms with Gasteiger partial charge >= 0.3 is 0 Å². The number of benzene rings is 2. The van der Waals surface area contributed by atoms with Crippen LogP contribution in [0.2, 0.25) is 0 Å². The third kappa shape index (κ3) is 3.02. The Bertz CT molecular complexity index is 513. The molecule has 2 aromatic rings. The van der Waals surface area contributed by atoms with Gasteiger partial charge in [-0.25, -0.2) is 4.39 Å². The maximum Gasteiger partial charge on any atom is 0.165 e. The first-order chi connectivity index (χ1) is 8.70. The Balaban J connectivity index is 2.16. The summed E-state index contributed by atoms with van der Waals surface area (Å²) in [6, 6.07) is 14.7. The Morgan fingerprint density at radius 2 is 1.89 bits per heavy atom. The lowest BCUT2D eigenvalue weighted by Gasteiger charge is -2.11. The van der Waals surface area contributed by atoms with Crippen LogP contribution in [0.4, 0.5) is 4.39 Å². The lowest BCUT2D eigenvalue weighted by Crippen LogP contribution is -1.97. The second-order valence-corrected chi connectivity index (χ2v) is 4.58. The predicted molar refractivity (Wildman–Crippen MR) is 71.7 cm³/mol. The Morgan fingerprint density at radius 1 is 1.17 bits per heavy atom. The second-order valence-electron chi connectivity index (χ2n) is 4.05. The SMILES string of the molecule is COc1cc(C(Cl)Cc2ccccc2)ccc1F. The monoisotopic (exact) mass is 264 g/mol. The summed E-state index contributed by atoms with van der Waals surface area (Å²) in [7, 11) is 1.45. The van der Waals surface area contributed by atoms with E-state index in [1.165, 1.54) is 13.2 Å². The topological polar surface area (TPSA) is 9.23 Å². The molecule has 0 heterocycles. The highest BCUT2D eigenvalue weighted by molar-refractivity contribution is 6.20. The number of halogens is 2. The van der Waals surface area contributed by atoms with Crippen molar-refractivity contribution >= 4 is 11.6 Å². The van der Waals surface area contributed by atoms with Crippen molar-refractivity contribution in [2.24, 2.45) is 0 Å². The van der Waals surface area contributed by atoms with Crippen molar-refractivity contribution < 1.29 is 9.13 Å². The molecule has 1 atom stereocenters. The number of hydrogen-bond donors (Lipinski definition) is 0. The molecule has 0 aromatic heterocycles. The normalized spacial score (nSPS) is 12.2. The molecule has 94 valence electrons. The maximum atomic E-state index is 13.3. The first-order valence-corrected chi connectivity index (χ1v) is 6.16. The van der Waals surface area contributed by atoms with E-state index in [0.29, 0.717) is 6.42 Å². The molecule has 0 spiro atoms. The Hall–Kier alpha value is -1.54. The van der Waals surface area contributed by atoms with Crippen molar-refractivity contribution in [2.75, 3.05) is 7.11 Å². The van der Waals surface area contributed by atoms with Crippen LogP contribution in [0.3, 0.4) is 0 Å². The van der Waals surface area contributed by atoms with Gasteiger partial charge in [-0.1, -0.05) is 36.4 Å². The Morgan fingerprint density at radius 3 is 2.56 bits per heavy atom. The molecule has 0 saturated carbocycles. The smallest absolute Gasteiger partial charge is 0.165 e. The molecular formula is C15H14ClFO. The molecule has 0 saturated heterocycles. The van der Waals surface area contributed by atoms with E-state index in [4.69, 9.17) is 16.3 Å². The zero-order valence-electron chi connectivity index (χ0n) is 10.1. The van der Waals surface area contributed by atoms with Crippen LogP contribution in [0.25, 0.3) is 0 Å². The average molecular weight is 265 g/mol. The van der Waals surface area contributed by atoms with Gasteiger partial charge in [0.1, 0.15) is 0 Å². The summed E-state index contributed by atoms with van der Waals surface area (Å²) in [6.45, 7) is 0. The van der Waals surface area contributed by atoms with Crippen LogP contribution in [0.1, 0.15) is 16.5 Å². The first kappa shape index (κ1) is 12.9. The van der Waals surface area contributed by atoms with E-state index in [9.17, 15) is 4.39 Å². The molecule has 0 bridgehead atoms. The van der Waals surface area contributed by atoms with Gasteiger partial charge in [0.15, 0.2) is 11.6 Å². The van der Waals surface area contributed by atoms with Crippen molar-refractivity contribution in [2.45, 2.75) is 11.8 Å². The van der Waals surface area contributed by atoms with Crippen molar-refractivity contribution in [3.63, 3.8) is 0 Å². The van der Waals surface area contributed by atoms with E-state index in [1.807, 2.05) is 30.3 Å². The molecule has 0 fully saturated rings. The zero-order valence-corrected chi connectivity index (χ0v) is 10.8. The van der Waals surface area contributed by atoms with Crippen molar-refractivity contribution in [3.05, 3.63) is 65.5 Å². The summed E-state index contributed by atoms with van der Waals surface area (Å²) in [5.41, 5.74) is 2.01. The molecule has 2 rings (SSSR count). The lowest BCUT2D eigenvalue weighted by molar-refractivity contribution is 0.386. The quantitative estimate of drug-likeness (QED) is 0.746. The van der Waals surface area contributed by atoms with Gasteiger partial charge in [-0.3, -0.25) is 0 Å². The minimum atomic E-state index is -0.371. The van der Waals surface area contributed by atoms with Gasteiger partial charge in [0.2, 0.25) is 0 Å². The summed E-state index contributed by atoms with van der Waals surface area (Å²) in [5, 5.41) is -0.193. The fraction of sp³-hybridized carbons (Fsp3) is 0.200. The van der Waals surface area contributed by atoms with Crippen LogP contribution >= 0.6 is 11.6 Å². The maximum absolute atomic E-state index is 13.3. The zero-order chi connectivity index (χ0) is 13.0. The number of rotatable bonds is 4. The highest BCUT2D eigenvalue weighted by Crippen LogP contribution is 2.29. The largest absolute Gasteiger partial charge is 0.494 e. The van der Waals surface area contributed by atoms with E-state index < -0.39 is 0 Å². The predicted octanol–water partition coefficient (Wildman–Crippen LogP) is 4.36.